The van der Waals surface area contributed by atoms with E-state index in [0.29, 0.717) is 12.5 Å². The molecule has 2 unspecified atom stereocenters. The largest absolute Gasteiger partial charge is 0.481 e. The minimum atomic E-state index is -1.19. The first-order valence-electron chi connectivity index (χ1n) is 7.50. The molecule has 0 aromatic heterocycles. The van der Waals surface area contributed by atoms with Gasteiger partial charge in [-0.1, -0.05) is 12.8 Å². The second-order valence-corrected chi connectivity index (χ2v) is 5.87. The second-order valence-electron chi connectivity index (χ2n) is 5.87. The zero-order valence-electron chi connectivity index (χ0n) is 12.0. The smallest absolute Gasteiger partial charge is 0.326 e. The van der Waals surface area contributed by atoms with E-state index in [0.717, 1.165) is 25.7 Å². The number of carbonyl (C=O) groups excluding carboxylic acids is 1. The van der Waals surface area contributed by atoms with Gasteiger partial charge in [-0.2, -0.15) is 0 Å². The van der Waals surface area contributed by atoms with Crippen LogP contribution in [0, 0.1) is 5.92 Å². The maximum atomic E-state index is 12.3. The highest BCUT2D eigenvalue weighted by molar-refractivity contribution is 5.83. The molecule has 0 radical (unpaired) electrons. The Morgan fingerprint density at radius 2 is 1.86 bits per heavy atom. The van der Waals surface area contributed by atoms with Gasteiger partial charge in [0.05, 0.1) is 0 Å². The molecule has 2 fully saturated rings. The summed E-state index contributed by atoms with van der Waals surface area (Å²) in [7, 11) is 0. The zero-order chi connectivity index (χ0) is 15.4. The fourth-order valence-electron chi connectivity index (χ4n) is 3.42. The Balaban J connectivity index is 1.92. The molecule has 1 aliphatic heterocycles. The lowest BCUT2D eigenvalue weighted by atomic mass is 9.85. The molecule has 2 rings (SSSR count). The summed E-state index contributed by atoms with van der Waals surface area (Å²) in [6, 6.07) is -1.30. The standard InChI is InChI=1S/C14H22N2O5/c17-12(18)6-5-10(13(19)20)15-14(21)16-8-7-9-3-1-2-4-11(9)16/h9-11H,1-8H2,(H,15,21)(H,17,18)(H,19,20)/t9?,10-,11?/m0/s1. The predicted octanol–water partition coefficient (Wildman–Crippen LogP) is 1.28. The zero-order valence-corrected chi connectivity index (χ0v) is 12.0. The maximum absolute atomic E-state index is 12.3. The first-order valence-corrected chi connectivity index (χ1v) is 7.50. The monoisotopic (exact) mass is 298 g/mol. The lowest BCUT2D eigenvalue weighted by Gasteiger charge is -2.32. The lowest BCUT2D eigenvalue weighted by molar-refractivity contribution is -0.140. The van der Waals surface area contributed by atoms with Gasteiger partial charge in [0, 0.05) is 19.0 Å². The number of likely N-dealkylation sites (tertiary alicyclic amines) is 1. The molecule has 3 atom stereocenters. The minimum Gasteiger partial charge on any atom is -0.481 e. The molecular formula is C14H22N2O5. The van der Waals surface area contributed by atoms with E-state index < -0.39 is 18.0 Å². The molecule has 118 valence electrons. The summed E-state index contributed by atoms with van der Waals surface area (Å²) >= 11 is 0. The van der Waals surface area contributed by atoms with Gasteiger partial charge >= 0.3 is 18.0 Å². The molecule has 0 spiro atoms. The SMILES string of the molecule is O=C(O)CC[C@H](NC(=O)N1CCC2CCCCC21)C(=O)O. The Bertz CT molecular complexity index is 426. The van der Waals surface area contributed by atoms with Crippen molar-refractivity contribution >= 4 is 18.0 Å². The molecule has 21 heavy (non-hydrogen) atoms. The van der Waals surface area contributed by atoms with Crippen molar-refractivity contribution in [3.05, 3.63) is 0 Å². The van der Waals surface area contributed by atoms with Crippen molar-refractivity contribution in [1.29, 1.82) is 0 Å². The van der Waals surface area contributed by atoms with E-state index in [4.69, 9.17) is 10.2 Å². The molecule has 0 aromatic carbocycles. The molecule has 2 aliphatic rings. The number of amides is 2. The molecule has 2 amide bonds. The Labute approximate surface area is 123 Å². The molecule has 3 N–H and O–H groups in total. The van der Waals surface area contributed by atoms with Crippen molar-refractivity contribution in [3.8, 4) is 0 Å². The highest BCUT2D eigenvalue weighted by Crippen LogP contribution is 2.36. The number of hydrogen-bond acceptors (Lipinski definition) is 3. The van der Waals surface area contributed by atoms with E-state index in [1.807, 2.05) is 0 Å². The quantitative estimate of drug-likeness (QED) is 0.708. The number of hydrogen-bond donors (Lipinski definition) is 3. The Hall–Kier alpha value is -1.79. The topological polar surface area (TPSA) is 107 Å². The number of urea groups is 1. The number of aliphatic carboxylic acids is 2. The molecule has 1 saturated heterocycles. The Morgan fingerprint density at radius 3 is 2.52 bits per heavy atom. The van der Waals surface area contributed by atoms with Crippen LogP contribution in [0.15, 0.2) is 0 Å². The van der Waals surface area contributed by atoms with Gasteiger partial charge in [0.25, 0.3) is 0 Å². The average Bonchev–Trinajstić information content (AvgIpc) is 2.86. The molecular weight excluding hydrogens is 276 g/mol. The van der Waals surface area contributed by atoms with Crippen molar-refractivity contribution < 1.29 is 24.6 Å². The minimum absolute atomic E-state index is 0.0989. The van der Waals surface area contributed by atoms with Crippen LogP contribution in [0.2, 0.25) is 0 Å². The van der Waals surface area contributed by atoms with Crippen molar-refractivity contribution in [2.45, 2.75) is 57.0 Å². The third-order valence-electron chi connectivity index (χ3n) is 4.51. The van der Waals surface area contributed by atoms with Crippen LogP contribution in [0.1, 0.15) is 44.9 Å². The van der Waals surface area contributed by atoms with Crippen molar-refractivity contribution in [2.24, 2.45) is 5.92 Å². The molecule has 0 aromatic rings. The Kier molecular flexibility index (Phi) is 5.03. The number of carboxylic acids is 2. The first-order chi connectivity index (χ1) is 9.99. The van der Waals surface area contributed by atoms with Gasteiger partial charge in [-0.3, -0.25) is 4.79 Å². The number of carbonyl (C=O) groups is 3. The van der Waals surface area contributed by atoms with Crippen molar-refractivity contribution in [2.75, 3.05) is 6.54 Å². The van der Waals surface area contributed by atoms with Crippen LogP contribution in [0.3, 0.4) is 0 Å². The van der Waals surface area contributed by atoms with E-state index >= 15 is 0 Å². The summed E-state index contributed by atoms with van der Waals surface area (Å²) in [5.74, 6) is -1.72. The third-order valence-corrected chi connectivity index (χ3v) is 4.51. The van der Waals surface area contributed by atoms with Crippen LogP contribution in [-0.4, -0.2) is 51.7 Å². The number of nitrogens with zero attached hydrogens (tertiary/aromatic N) is 1. The van der Waals surface area contributed by atoms with Crippen LogP contribution in [0.4, 0.5) is 4.79 Å². The van der Waals surface area contributed by atoms with Crippen LogP contribution < -0.4 is 5.32 Å². The fraction of sp³-hybridized carbons (Fsp3) is 0.786. The summed E-state index contributed by atoms with van der Waals surface area (Å²) in [5.41, 5.74) is 0. The number of nitrogens with one attached hydrogen (secondary N) is 1. The number of carboxylic acid groups (broad SMARTS) is 2. The van der Waals surface area contributed by atoms with Crippen LogP contribution in [-0.2, 0) is 9.59 Å². The van der Waals surface area contributed by atoms with E-state index in [9.17, 15) is 14.4 Å². The second kappa shape index (κ2) is 6.78. The van der Waals surface area contributed by atoms with Crippen LogP contribution >= 0.6 is 0 Å². The van der Waals surface area contributed by atoms with Crippen LogP contribution in [0.25, 0.3) is 0 Å². The first kappa shape index (κ1) is 15.6. The van der Waals surface area contributed by atoms with Gasteiger partial charge in [0.2, 0.25) is 0 Å². The molecule has 7 heteroatoms. The van der Waals surface area contributed by atoms with Gasteiger partial charge in [0.15, 0.2) is 0 Å². The third kappa shape index (κ3) is 3.86. The lowest BCUT2D eigenvalue weighted by Crippen LogP contribution is -2.50. The van der Waals surface area contributed by atoms with Crippen molar-refractivity contribution in [1.82, 2.24) is 10.2 Å². The highest BCUT2D eigenvalue weighted by Gasteiger charge is 2.39. The summed E-state index contributed by atoms with van der Waals surface area (Å²) in [4.78, 5) is 35.7. The van der Waals surface area contributed by atoms with E-state index in [2.05, 4.69) is 5.32 Å². The van der Waals surface area contributed by atoms with Gasteiger partial charge < -0.3 is 20.4 Å². The molecule has 1 heterocycles. The number of fused-ring (bicyclic) bond motifs is 1. The maximum Gasteiger partial charge on any atom is 0.326 e. The summed E-state index contributed by atoms with van der Waals surface area (Å²) < 4.78 is 0. The average molecular weight is 298 g/mol. The highest BCUT2D eigenvalue weighted by atomic mass is 16.4. The molecule has 7 nitrogen and oxygen atoms in total. The van der Waals surface area contributed by atoms with E-state index in [1.165, 1.54) is 6.42 Å². The predicted molar refractivity (Wildman–Crippen MR) is 73.9 cm³/mol. The van der Waals surface area contributed by atoms with Gasteiger partial charge in [0.1, 0.15) is 6.04 Å². The number of rotatable bonds is 5. The summed E-state index contributed by atoms with van der Waals surface area (Å²) in [5, 5.41) is 20.2. The normalized spacial score (nSPS) is 26.0. The fourth-order valence-corrected chi connectivity index (χ4v) is 3.42. The van der Waals surface area contributed by atoms with Crippen LogP contribution in [0.5, 0.6) is 0 Å². The van der Waals surface area contributed by atoms with Gasteiger partial charge in [-0.05, 0) is 31.6 Å². The molecule has 0 bridgehead atoms. The van der Waals surface area contributed by atoms with E-state index in [1.54, 1.807) is 4.90 Å². The van der Waals surface area contributed by atoms with Gasteiger partial charge in [-0.25, -0.2) is 9.59 Å². The van der Waals surface area contributed by atoms with Crippen molar-refractivity contribution in [3.63, 3.8) is 0 Å². The van der Waals surface area contributed by atoms with Gasteiger partial charge in [-0.15, -0.1) is 0 Å². The summed E-state index contributed by atoms with van der Waals surface area (Å²) in [6.45, 7) is 0.659. The summed E-state index contributed by atoms with van der Waals surface area (Å²) in [6.07, 6.45) is 5.02. The Morgan fingerprint density at radius 1 is 1.14 bits per heavy atom. The molecule has 1 saturated carbocycles. The van der Waals surface area contributed by atoms with E-state index in [-0.39, 0.29) is 24.9 Å². The molecule has 1 aliphatic carbocycles.